The van der Waals surface area contributed by atoms with Crippen LogP contribution in [0.3, 0.4) is 0 Å². The number of rotatable bonds is 3. The number of fused-ring (bicyclic) bond motifs is 2. The highest BCUT2D eigenvalue weighted by atomic mass is 15.3. The van der Waals surface area contributed by atoms with E-state index in [4.69, 9.17) is 0 Å². The van der Waals surface area contributed by atoms with Crippen molar-refractivity contribution in [2.24, 2.45) is 0 Å². The summed E-state index contributed by atoms with van der Waals surface area (Å²) >= 11 is 0. The molecule has 0 aliphatic carbocycles. The molecule has 4 heteroatoms. The molecule has 1 unspecified atom stereocenters. The maximum atomic E-state index is 4.64. The standard InChI is InChI=1S/C23H28N4/c1-2-13-22-24-25-23(27(22)15-5-1)20-11-7-14-26(17-20)16-19-10-6-9-18-8-3-4-12-21(18)19/h3-4,6,8-10,12,20H,1-2,5,7,11,13-17H2. The summed E-state index contributed by atoms with van der Waals surface area (Å²) in [6.45, 7) is 4.42. The summed E-state index contributed by atoms with van der Waals surface area (Å²) in [7, 11) is 0. The number of aromatic nitrogens is 3. The van der Waals surface area contributed by atoms with Gasteiger partial charge >= 0.3 is 0 Å². The topological polar surface area (TPSA) is 34.0 Å². The molecule has 3 aromatic rings. The van der Waals surface area contributed by atoms with Gasteiger partial charge in [0.1, 0.15) is 11.6 Å². The molecule has 1 fully saturated rings. The van der Waals surface area contributed by atoms with Gasteiger partial charge in [0.15, 0.2) is 0 Å². The average molecular weight is 361 g/mol. The van der Waals surface area contributed by atoms with Crippen LogP contribution in [0.5, 0.6) is 0 Å². The van der Waals surface area contributed by atoms with E-state index in [1.165, 1.54) is 66.6 Å². The van der Waals surface area contributed by atoms with Gasteiger partial charge in [0.2, 0.25) is 0 Å². The summed E-state index contributed by atoms with van der Waals surface area (Å²) in [6.07, 6.45) is 7.43. The van der Waals surface area contributed by atoms with E-state index >= 15 is 0 Å². The van der Waals surface area contributed by atoms with Gasteiger partial charge in [0, 0.05) is 32.0 Å². The molecule has 0 amide bonds. The Balaban J connectivity index is 1.36. The largest absolute Gasteiger partial charge is 0.315 e. The van der Waals surface area contributed by atoms with E-state index in [9.17, 15) is 0 Å². The number of likely N-dealkylation sites (tertiary alicyclic amines) is 1. The van der Waals surface area contributed by atoms with Gasteiger partial charge in [-0.1, -0.05) is 48.9 Å². The van der Waals surface area contributed by atoms with E-state index in [0.29, 0.717) is 5.92 Å². The lowest BCUT2D eigenvalue weighted by Gasteiger charge is -2.32. The third-order valence-corrected chi connectivity index (χ3v) is 6.28. The molecule has 1 saturated heterocycles. The Bertz CT molecular complexity index is 924. The van der Waals surface area contributed by atoms with Crippen molar-refractivity contribution >= 4 is 10.8 Å². The van der Waals surface area contributed by atoms with Crippen molar-refractivity contribution in [2.75, 3.05) is 13.1 Å². The highest BCUT2D eigenvalue weighted by Gasteiger charge is 2.27. The van der Waals surface area contributed by atoms with Crippen LogP contribution >= 0.6 is 0 Å². The van der Waals surface area contributed by atoms with Crippen LogP contribution in [-0.4, -0.2) is 32.8 Å². The summed E-state index contributed by atoms with van der Waals surface area (Å²) in [5.74, 6) is 2.98. The van der Waals surface area contributed by atoms with E-state index in [0.717, 1.165) is 26.1 Å². The molecule has 0 saturated carbocycles. The van der Waals surface area contributed by atoms with Crippen molar-refractivity contribution in [1.29, 1.82) is 0 Å². The molecular weight excluding hydrogens is 332 g/mol. The zero-order chi connectivity index (χ0) is 18.1. The second-order valence-corrected chi connectivity index (χ2v) is 8.15. The van der Waals surface area contributed by atoms with Gasteiger partial charge in [0.25, 0.3) is 0 Å². The van der Waals surface area contributed by atoms with Crippen LogP contribution in [0.2, 0.25) is 0 Å². The second kappa shape index (κ2) is 7.43. The number of piperidine rings is 1. The molecule has 2 aliphatic heterocycles. The van der Waals surface area contributed by atoms with Crippen LogP contribution in [0.25, 0.3) is 10.8 Å². The van der Waals surface area contributed by atoms with Gasteiger partial charge in [-0.3, -0.25) is 4.90 Å². The smallest absolute Gasteiger partial charge is 0.137 e. The molecular formula is C23H28N4. The first kappa shape index (κ1) is 16.9. The lowest BCUT2D eigenvalue weighted by atomic mass is 9.96. The SMILES string of the molecule is c1ccc2c(CN3CCCC(c4nnc5n4CCCCC5)C3)cccc2c1. The lowest BCUT2D eigenvalue weighted by Crippen LogP contribution is -2.35. The fourth-order valence-corrected chi connectivity index (χ4v) is 4.89. The van der Waals surface area contributed by atoms with Crippen LogP contribution in [-0.2, 0) is 19.5 Å². The lowest BCUT2D eigenvalue weighted by molar-refractivity contribution is 0.195. The van der Waals surface area contributed by atoms with Crippen molar-refractivity contribution in [2.45, 2.75) is 57.5 Å². The molecule has 4 nitrogen and oxygen atoms in total. The van der Waals surface area contributed by atoms with Crippen LogP contribution in [0.4, 0.5) is 0 Å². The maximum Gasteiger partial charge on any atom is 0.137 e. The average Bonchev–Trinajstić information content (AvgIpc) is 2.97. The van der Waals surface area contributed by atoms with Crippen LogP contribution in [0.1, 0.15) is 55.2 Å². The van der Waals surface area contributed by atoms with Gasteiger partial charge in [0.05, 0.1) is 0 Å². The Morgan fingerprint density at radius 2 is 1.81 bits per heavy atom. The summed E-state index contributed by atoms with van der Waals surface area (Å²) in [5.41, 5.74) is 1.44. The van der Waals surface area contributed by atoms with Gasteiger partial charge < -0.3 is 4.57 Å². The number of benzene rings is 2. The Labute approximate surface area is 161 Å². The number of hydrogen-bond acceptors (Lipinski definition) is 3. The van der Waals surface area contributed by atoms with Crippen molar-refractivity contribution < 1.29 is 0 Å². The quantitative estimate of drug-likeness (QED) is 0.688. The van der Waals surface area contributed by atoms with Crippen molar-refractivity contribution in [1.82, 2.24) is 19.7 Å². The Hall–Kier alpha value is -2.20. The Morgan fingerprint density at radius 3 is 2.81 bits per heavy atom. The third-order valence-electron chi connectivity index (χ3n) is 6.28. The zero-order valence-corrected chi connectivity index (χ0v) is 16.0. The molecule has 0 N–H and O–H groups in total. The molecule has 5 rings (SSSR count). The van der Waals surface area contributed by atoms with E-state index in [1.54, 1.807) is 0 Å². The van der Waals surface area contributed by atoms with Gasteiger partial charge in [-0.15, -0.1) is 10.2 Å². The molecule has 27 heavy (non-hydrogen) atoms. The van der Waals surface area contributed by atoms with E-state index < -0.39 is 0 Å². The van der Waals surface area contributed by atoms with Crippen LogP contribution < -0.4 is 0 Å². The molecule has 0 bridgehead atoms. The van der Waals surface area contributed by atoms with Crippen LogP contribution in [0.15, 0.2) is 42.5 Å². The van der Waals surface area contributed by atoms with Gasteiger partial charge in [-0.25, -0.2) is 0 Å². The molecule has 1 aromatic heterocycles. The number of nitrogens with zero attached hydrogens (tertiary/aromatic N) is 4. The molecule has 140 valence electrons. The normalized spacial score (nSPS) is 21.1. The fourth-order valence-electron chi connectivity index (χ4n) is 4.89. The minimum atomic E-state index is 0.521. The van der Waals surface area contributed by atoms with Crippen molar-refractivity contribution in [3.05, 3.63) is 59.7 Å². The van der Waals surface area contributed by atoms with Crippen LogP contribution in [0, 0.1) is 0 Å². The van der Waals surface area contributed by atoms with E-state index in [-0.39, 0.29) is 0 Å². The summed E-state index contributed by atoms with van der Waals surface area (Å²) in [6, 6.07) is 15.4. The van der Waals surface area contributed by atoms with Crippen molar-refractivity contribution in [3.63, 3.8) is 0 Å². The zero-order valence-electron chi connectivity index (χ0n) is 16.0. The summed E-state index contributed by atoms with van der Waals surface area (Å²) in [5, 5.41) is 11.9. The summed E-state index contributed by atoms with van der Waals surface area (Å²) < 4.78 is 2.44. The Kier molecular flexibility index (Phi) is 4.66. The highest BCUT2D eigenvalue weighted by molar-refractivity contribution is 5.85. The number of hydrogen-bond donors (Lipinski definition) is 0. The van der Waals surface area contributed by atoms with Gasteiger partial charge in [-0.2, -0.15) is 0 Å². The van der Waals surface area contributed by atoms with E-state index in [2.05, 4.69) is 62.1 Å². The fraction of sp³-hybridized carbons (Fsp3) is 0.478. The first-order valence-corrected chi connectivity index (χ1v) is 10.5. The van der Waals surface area contributed by atoms with Gasteiger partial charge in [-0.05, 0) is 48.6 Å². The minimum absolute atomic E-state index is 0.521. The molecule has 2 aromatic carbocycles. The molecule has 3 heterocycles. The minimum Gasteiger partial charge on any atom is -0.315 e. The number of aryl methyl sites for hydroxylation is 1. The second-order valence-electron chi connectivity index (χ2n) is 8.15. The molecule has 1 atom stereocenters. The molecule has 0 spiro atoms. The third kappa shape index (κ3) is 3.39. The monoisotopic (exact) mass is 360 g/mol. The highest BCUT2D eigenvalue weighted by Crippen LogP contribution is 2.29. The molecule has 0 radical (unpaired) electrons. The predicted molar refractivity (Wildman–Crippen MR) is 109 cm³/mol. The predicted octanol–water partition coefficient (Wildman–Crippen LogP) is 4.54. The first-order chi connectivity index (χ1) is 13.4. The first-order valence-electron chi connectivity index (χ1n) is 10.5. The van der Waals surface area contributed by atoms with E-state index in [1.807, 2.05) is 0 Å². The van der Waals surface area contributed by atoms with Crippen molar-refractivity contribution in [3.8, 4) is 0 Å². The summed E-state index contributed by atoms with van der Waals surface area (Å²) in [4.78, 5) is 2.62. The maximum absolute atomic E-state index is 4.64. The molecule has 2 aliphatic rings. The Morgan fingerprint density at radius 1 is 0.889 bits per heavy atom.